The minimum Gasteiger partial charge on any atom is -0.457 e. The lowest BCUT2D eigenvalue weighted by atomic mass is 9.82. The van der Waals surface area contributed by atoms with Gasteiger partial charge in [0.1, 0.15) is 11.5 Å². The van der Waals surface area contributed by atoms with Gasteiger partial charge in [-0.1, -0.05) is 55.3 Å². The lowest BCUT2D eigenvalue weighted by Gasteiger charge is -2.24. The molecule has 1 nitrogen and oxygen atoms in total. The minimum absolute atomic E-state index is 0.364. The van der Waals surface area contributed by atoms with Gasteiger partial charge in [-0.15, -0.1) is 0 Å². The first-order valence-electron chi connectivity index (χ1n) is 7.51. The fourth-order valence-corrected chi connectivity index (χ4v) is 2.90. The molecule has 0 bridgehead atoms. The van der Waals surface area contributed by atoms with Crippen molar-refractivity contribution in [2.75, 3.05) is 0 Å². The highest BCUT2D eigenvalue weighted by molar-refractivity contribution is 9.10. The van der Waals surface area contributed by atoms with Crippen molar-refractivity contribution in [3.8, 4) is 11.5 Å². The predicted molar refractivity (Wildman–Crippen MR) is 93.1 cm³/mol. The predicted octanol–water partition coefficient (Wildman–Crippen LogP) is 6.61. The lowest BCUT2D eigenvalue weighted by molar-refractivity contribution is 0.329. The standard InChI is InChI=1S/C19H23BrO/c1-4-13-19(2,3)14-15-5-9-17(10-6-15)21-18-11-7-16(20)8-12-18/h5-12H,4,13-14H2,1-3H3. The Balaban J connectivity index is 2.00. The van der Waals surface area contributed by atoms with Crippen LogP contribution in [0.4, 0.5) is 0 Å². The first-order chi connectivity index (χ1) is 9.98. The Morgan fingerprint density at radius 2 is 1.43 bits per heavy atom. The Bertz CT molecular complexity index is 555. The molecule has 2 aromatic carbocycles. The molecule has 0 N–H and O–H groups in total. The average Bonchev–Trinajstić information content (AvgIpc) is 2.43. The minimum atomic E-state index is 0.364. The molecule has 0 saturated heterocycles. The molecule has 0 aromatic heterocycles. The van der Waals surface area contributed by atoms with Crippen LogP contribution in [0.15, 0.2) is 53.0 Å². The quantitative estimate of drug-likeness (QED) is 0.571. The van der Waals surface area contributed by atoms with Crippen molar-refractivity contribution < 1.29 is 4.74 Å². The summed E-state index contributed by atoms with van der Waals surface area (Å²) in [5.74, 6) is 1.74. The SMILES string of the molecule is CCCC(C)(C)Cc1ccc(Oc2ccc(Br)cc2)cc1. The maximum absolute atomic E-state index is 5.85. The number of ether oxygens (including phenoxy) is 1. The molecule has 21 heavy (non-hydrogen) atoms. The molecular weight excluding hydrogens is 324 g/mol. The summed E-state index contributed by atoms with van der Waals surface area (Å²) in [6.07, 6.45) is 3.60. The number of hydrogen-bond donors (Lipinski definition) is 0. The Hall–Kier alpha value is -1.28. The highest BCUT2D eigenvalue weighted by atomic mass is 79.9. The van der Waals surface area contributed by atoms with Gasteiger partial charge in [0.15, 0.2) is 0 Å². The van der Waals surface area contributed by atoms with E-state index in [1.54, 1.807) is 0 Å². The molecule has 0 spiro atoms. The number of halogens is 1. The smallest absolute Gasteiger partial charge is 0.127 e. The van der Waals surface area contributed by atoms with E-state index in [2.05, 4.69) is 61.0 Å². The Morgan fingerprint density at radius 1 is 0.905 bits per heavy atom. The van der Waals surface area contributed by atoms with E-state index in [0.29, 0.717) is 5.41 Å². The van der Waals surface area contributed by atoms with Gasteiger partial charge in [0.05, 0.1) is 0 Å². The maximum Gasteiger partial charge on any atom is 0.127 e. The van der Waals surface area contributed by atoms with Crippen molar-refractivity contribution in [3.63, 3.8) is 0 Å². The molecule has 2 heteroatoms. The van der Waals surface area contributed by atoms with Crippen LogP contribution in [-0.4, -0.2) is 0 Å². The van der Waals surface area contributed by atoms with Crippen LogP contribution in [0.2, 0.25) is 0 Å². The van der Waals surface area contributed by atoms with Gasteiger partial charge in [0.25, 0.3) is 0 Å². The molecule has 0 fully saturated rings. The van der Waals surface area contributed by atoms with Crippen LogP contribution < -0.4 is 4.74 Å². The van der Waals surface area contributed by atoms with Crippen molar-refractivity contribution in [2.24, 2.45) is 5.41 Å². The third-order valence-electron chi connectivity index (χ3n) is 3.58. The van der Waals surface area contributed by atoms with Crippen LogP contribution in [-0.2, 0) is 6.42 Å². The number of rotatable bonds is 6. The molecule has 0 aliphatic heterocycles. The molecule has 0 unspecified atom stereocenters. The lowest BCUT2D eigenvalue weighted by Crippen LogP contribution is -2.14. The Kier molecular flexibility index (Phi) is 5.46. The van der Waals surface area contributed by atoms with Gasteiger partial charge < -0.3 is 4.74 Å². The molecule has 0 amide bonds. The Morgan fingerprint density at radius 3 is 1.95 bits per heavy atom. The summed E-state index contributed by atoms with van der Waals surface area (Å²) < 4.78 is 6.90. The van der Waals surface area contributed by atoms with Crippen LogP contribution in [0.1, 0.15) is 39.2 Å². The summed E-state index contributed by atoms with van der Waals surface area (Å²) in [6, 6.07) is 16.3. The molecule has 0 aliphatic rings. The summed E-state index contributed by atoms with van der Waals surface area (Å²) in [4.78, 5) is 0. The van der Waals surface area contributed by atoms with E-state index in [-0.39, 0.29) is 0 Å². The Labute approximate surface area is 136 Å². The second kappa shape index (κ2) is 7.13. The summed E-state index contributed by atoms with van der Waals surface area (Å²) in [5, 5.41) is 0. The van der Waals surface area contributed by atoms with E-state index in [1.165, 1.54) is 18.4 Å². The van der Waals surface area contributed by atoms with Gasteiger partial charge in [0, 0.05) is 4.47 Å². The summed E-state index contributed by atoms with van der Waals surface area (Å²) in [7, 11) is 0. The van der Waals surface area contributed by atoms with Crippen LogP contribution >= 0.6 is 15.9 Å². The highest BCUT2D eigenvalue weighted by Gasteiger charge is 2.17. The fraction of sp³-hybridized carbons (Fsp3) is 0.368. The highest BCUT2D eigenvalue weighted by Crippen LogP contribution is 2.29. The molecule has 112 valence electrons. The van der Waals surface area contributed by atoms with E-state index in [1.807, 2.05) is 24.3 Å². The van der Waals surface area contributed by atoms with Gasteiger partial charge in [-0.05, 0) is 60.2 Å². The van der Waals surface area contributed by atoms with Crippen molar-refractivity contribution in [3.05, 3.63) is 58.6 Å². The number of benzene rings is 2. The molecule has 0 aliphatic carbocycles. The van der Waals surface area contributed by atoms with Crippen LogP contribution in [0, 0.1) is 5.41 Å². The summed E-state index contributed by atoms with van der Waals surface area (Å²) in [6.45, 7) is 6.92. The largest absolute Gasteiger partial charge is 0.457 e. The molecule has 2 aromatic rings. The average molecular weight is 347 g/mol. The second-order valence-electron chi connectivity index (χ2n) is 6.29. The zero-order valence-electron chi connectivity index (χ0n) is 13.0. The molecule has 0 heterocycles. The third-order valence-corrected chi connectivity index (χ3v) is 4.11. The molecule has 2 rings (SSSR count). The zero-order valence-corrected chi connectivity index (χ0v) is 14.6. The topological polar surface area (TPSA) is 9.23 Å². The third kappa shape index (κ3) is 5.20. The summed E-state index contributed by atoms with van der Waals surface area (Å²) in [5.41, 5.74) is 1.74. The van der Waals surface area contributed by atoms with Crippen molar-refractivity contribution in [1.29, 1.82) is 0 Å². The van der Waals surface area contributed by atoms with E-state index < -0.39 is 0 Å². The summed E-state index contributed by atoms with van der Waals surface area (Å²) >= 11 is 3.43. The van der Waals surface area contributed by atoms with Gasteiger partial charge >= 0.3 is 0 Å². The number of hydrogen-bond acceptors (Lipinski definition) is 1. The van der Waals surface area contributed by atoms with Gasteiger partial charge in [-0.25, -0.2) is 0 Å². The van der Waals surface area contributed by atoms with E-state index in [9.17, 15) is 0 Å². The van der Waals surface area contributed by atoms with Crippen molar-refractivity contribution in [2.45, 2.75) is 40.0 Å². The normalized spacial score (nSPS) is 11.4. The van der Waals surface area contributed by atoms with Gasteiger partial charge in [-0.2, -0.15) is 0 Å². The van der Waals surface area contributed by atoms with E-state index >= 15 is 0 Å². The van der Waals surface area contributed by atoms with Crippen molar-refractivity contribution >= 4 is 15.9 Å². The molecule has 0 saturated carbocycles. The second-order valence-corrected chi connectivity index (χ2v) is 7.21. The first kappa shape index (κ1) is 16.1. The van der Waals surface area contributed by atoms with Crippen LogP contribution in [0.5, 0.6) is 11.5 Å². The molecule has 0 radical (unpaired) electrons. The van der Waals surface area contributed by atoms with E-state index in [0.717, 1.165) is 22.4 Å². The first-order valence-corrected chi connectivity index (χ1v) is 8.30. The molecule has 0 atom stereocenters. The molecular formula is C19H23BrO. The maximum atomic E-state index is 5.85. The van der Waals surface area contributed by atoms with Crippen LogP contribution in [0.3, 0.4) is 0 Å². The zero-order chi connectivity index (χ0) is 15.3. The fourth-order valence-electron chi connectivity index (χ4n) is 2.63. The van der Waals surface area contributed by atoms with Crippen LogP contribution in [0.25, 0.3) is 0 Å². The monoisotopic (exact) mass is 346 g/mol. The van der Waals surface area contributed by atoms with E-state index in [4.69, 9.17) is 4.74 Å². The van der Waals surface area contributed by atoms with Gasteiger partial charge in [-0.3, -0.25) is 0 Å². The van der Waals surface area contributed by atoms with Gasteiger partial charge in [0.2, 0.25) is 0 Å². The van der Waals surface area contributed by atoms with Crippen molar-refractivity contribution in [1.82, 2.24) is 0 Å².